The number of aliphatic hydroxyl groups is 1. The molecule has 0 radical (unpaired) electrons. The van der Waals surface area contributed by atoms with Gasteiger partial charge in [-0.3, -0.25) is 4.90 Å². The van der Waals surface area contributed by atoms with Gasteiger partial charge < -0.3 is 20.1 Å². The molecule has 0 saturated carbocycles. The van der Waals surface area contributed by atoms with E-state index >= 15 is 0 Å². The molecular weight excluding hydrogens is 352 g/mol. The first-order chi connectivity index (χ1) is 13.7. The van der Waals surface area contributed by atoms with Crippen molar-refractivity contribution in [1.82, 2.24) is 15.1 Å². The standard InChI is InChI=1S/C22H34N4O2/c1-2-23-21(24-17-22(27)9-7-19-5-3-4-6-20(19)22)26-12-10-25(11-13-26)15-18-8-14-28-16-18/h3-6,18,27H,2,7-17H2,1H3,(H,23,24). The van der Waals surface area contributed by atoms with Crippen LogP contribution in [0.15, 0.2) is 29.3 Å². The number of hydrogen-bond donors (Lipinski definition) is 2. The van der Waals surface area contributed by atoms with Crippen LogP contribution in [0.4, 0.5) is 0 Å². The van der Waals surface area contributed by atoms with Crippen molar-refractivity contribution in [3.05, 3.63) is 35.4 Å². The van der Waals surface area contributed by atoms with E-state index < -0.39 is 5.60 Å². The number of guanidine groups is 1. The Morgan fingerprint density at radius 3 is 2.86 bits per heavy atom. The molecule has 2 saturated heterocycles. The van der Waals surface area contributed by atoms with Gasteiger partial charge in [0.1, 0.15) is 5.60 Å². The normalized spacial score (nSPS) is 28.6. The number of hydrogen-bond acceptors (Lipinski definition) is 4. The van der Waals surface area contributed by atoms with Crippen LogP contribution < -0.4 is 5.32 Å². The third-order valence-corrected chi connectivity index (χ3v) is 6.36. The van der Waals surface area contributed by atoms with E-state index in [2.05, 4.69) is 40.2 Å². The number of piperazine rings is 1. The molecule has 28 heavy (non-hydrogen) atoms. The summed E-state index contributed by atoms with van der Waals surface area (Å²) in [5.41, 5.74) is 1.48. The first-order valence-corrected chi connectivity index (χ1v) is 10.8. The van der Waals surface area contributed by atoms with Crippen LogP contribution in [-0.4, -0.2) is 79.9 Å². The van der Waals surface area contributed by atoms with Gasteiger partial charge in [0.2, 0.25) is 0 Å². The first-order valence-electron chi connectivity index (χ1n) is 10.8. The Morgan fingerprint density at radius 1 is 1.29 bits per heavy atom. The van der Waals surface area contributed by atoms with E-state index in [1.807, 2.05) is 6.07 Å². The first kappa shape index (κ1) is 19.7. The molecule has 1 aliphatic carbocycles. The van der Waals surface area contributed by atoms with Crippen LogP contribution in [0.1, 0.15) is 30.9 Å². The highest BCUT2D eigenvalue weighted by Gasteiger charge is 2.36. The van der Waals surface area contributed by atoms with Crippen molar-refractivity contribution in [2.75, 3.05) is 59.0 Å². The summed E-state index contributed by atoms with van der Waals surface area (Å²) in [6.07, 6.45) is 2.89. The molecule has 2 aliphatic heterocycles. The number of aryl methyl sites for hydroxylation is 1. The molecule has 1 aromatic carbocycles. The lowest BCUT2D eigenvalue weighted by atomic mass is 9.96. The molecule has 4 rings (SSSR count). The number of rotatable bonds is 5. The molecule has 2 atom stereocenters. The highest BCUT2D eigenvalue weighted by Crippen LogP contribution is 2.36. The van der Waals surface area contributed by atoms with Crippen LogP contribution >= 0.6 is 0 Å². The molecule has 0 spiro atoms. The lowest BCUT2D eigenvalue weighted by Crippen LogP contribution is -2.53. The zero-order valence-electron chi connectivity index (χ0n) is 17.1. The predicted molar refractivity (Wildman–Crippen MR) is 112 cm³/mol. The highest BCUT2D eigenvalue weighted by atomic mass is 16.5. The van der Waals surface area contributed by atoms with Gasteiger partial charge in [-0.15, -0.1) is 0 Å². The van der Waals surface area contributed by atoms with Crippen molar-refractivity contribution in [3.8, 4) is 0 Å². The Morgan fingerprint density at radius 2 is 2.11 bits per heavy atom. The summed E-state index contributed by atoms with van der Waals surface area (Å²) in [7, 11) is 0. The van der Waals surface area contributed by atoms with Crippen LogP contribution in [0.25, 0.3) is 0 Å². The highest BCUT2D eigenvalue weighted by molar-refractivity contribution is 5.80. The summed E-state index contributed by atoms with van der Waals surface area (Å²) in [6.45, 7) is 10.5. The summed E-state index contributed by atoms with van der Waals surface area (Å²) in [4.78, 5) is 9.76. The topological polar surface area (TPSA) is 60.3 Å². The minimum atomic E-state index is -0.832. The molecule has 2 unspecified atom stereocenters. The maximum atomic E-state index is 11.2. The van der Waals surface area contributed by atoms with Crippen molar-refractivity contribution in [1.29, 1.82) is 0 Å². The molecule has 3 aliphatic rings. The second kappa shape index (κ2) is 8.80. The summed E-state index contributed by atoms with van der Waals surface area (Å²) < 4.78 is 5.52. The molecule has 154 valence electrons. The molecule has 6 heteroatoms. The van der Waals surface area contributed by atoms with Crippen LogP contribution in [0.3, 0.4) is 0 Å². The van der Waals surface area contributed by atoms with E-state index in [9.17, 15) is 5.11 Å². The lowest BCUT2D eigenvalue weighted by molar-refractivity contribution is 0.0481. The predicted octanol–water partition coefficient (Wildman–Crippen LogP) is 1.44. The average Bonchev–Trinajstić information content (AvgIpc) is 3.35. The van der Waals surface area contributed by atoms with E-state index in [1.165, 1.54) is 12.0 Å². The zero-order chi connectivity index (χ0) is 19.4. The van der Waals surface area contributed by atoms with Crippen molar-refractivity contribution in [2.24, 2.45) is 10.9 Å². The van der Waals surface area contributed by atoms with E-state index in [0.29, 0.717) is 12.5 Å². The van der Waals surface area contributed by atoms with Crippen LogP contribution in [-0.2, 0) is 16.8 Å². The van der Waals surface area contributed by atoms with Gasteiger partial charge in [-0.05, 0) is 43.2 Å². The molecule has 2 heterocycles. The quantitative estimate of drug-likeness (QED) is 0.592. The molecule has 2 N–H and O–H groups in total. The zero-order valence-corrected chi connectivity index (χ0v) is 17.1. The van der Waals surface area contributed by atoms with Gasteiger partial charge in [0, 0.05) is 45.9 Å². The number of ether oxygens (including phenoxy) is 1. The number of benzene rings is 1. The smallest absolute Gasteiger partial charge is 0.194 e. The average molecular weight is 387 g/mol. The van der Waals surface area contributed by atoms with Gasteiger partial charge in [-0.25, -0.2) is 4.99 Å². The van der Waals surface area contributed by atoms with E-state index in [-0.39, 0.29) is 0 Å². The SMILES string of the molecule is CCNC(=NCC1(O)CCc2ccccc21)N1CCN(CC2CCOC2)CC1. The monoisotopic (exact) mass is 386 g/mol. The Labute approximate surface area is 168 Å². The molecule has 2 fully saturated rings. The van der Waals surface area contributed by atoms with Gasteiger partial charge in [0.05, 0.1) is 13.2 Å². The van der Waals surface area contributed by atoms with Gasteiger partial charge in [0.25, 0.3) is 0 Å². The number of fused-ring (bicyclic) bond motifs is 1. The molecular formula is C22H34N4O2. The molecule has 0 amide bonds. The summed E-state index contributed by atoms with van der Waals surface area (Å²) in [5.74, 6) is 1.63. The Bertz CT molecular complexity index is 681. The van der Waals surface area contributed by atoms with Crippen molar-refractivity contribution < 1.29 is 9.84 Å². The van der Waals surface area contributed by atoms with Crippen LogP contribution in [0.5, 0.6) is 0 Å². The number of nitrogens with zero attached hydrogens (tertiary/aromatic N) is 3. The second-order valence-electron chi connectivity index (χ2n) is 8.38. The second-order valence-corrected chi connectivity index (χ2v) is 8.38. The maximum Gasteiger partial charge on any atom is 0.194 e. The fourth-order valence-electron chi connectivity index (χ4n) is 4.70. The molecule has 0 aromatic heterocycles. The number of aliphatic imine (C=N–C) groups is 1. The fraction of sp³-hybridized carbons (Fsp3) is 0.682. The van der Waals surface area contributed by atoms with Crippen LogP contribution in [0, 0.1) is 5.92 Å². The summed E-state index contributed by atoms with van der Waals surface area (Å²) in [5, 5.41) is 14.6. The van der Waals surface area contributed by atoms with Gasteiger partial charge in [0.15, 0.2) is 5.96 Å². The Kier molecular flexibility index (Phi) is 6.19. The molecule has 1 aromatic rings. The maximum absolute atomic E-state index is 11.2. The Balaban J connectivity index is 1.36. The van der Waals surface area contributed by atoms with Gasteiger partial charge in [-0.2, -0.15) is 0 Å². The largest absolute Gasteiger partial charge is 0.383 e. The van der Waals surface area contributed by atoms with Gasteiger partial charge >= 0.3 is 0 Å². The van der Waals surface area contributed by atoms with Crippen molar-refractivity contribution in [2.45, 2.75) is 31.8 Å². The molecule has 0 bridgehead atoms. The van der Waals surface area contributed by atoms with Gasteiger partial charge in [-0.1, -0.05) is 24.3 Å². The third kappa shape index (κ3) is 4.34. The van der Waals surface area contributed by atoms with Crippen LogP contribution in [0.2, 0.25) is 0 Å². The number of nitrogens with one attached hydrogen (secondary N) is 1. The third-order valence-electron chi connectivity index (χ3n) is 6.36. The van der Waals surface area contributed by atoms with E-state index in [0.717, 1.165) is 76.8 Å². The van der Waals surface area contributed by atoms with E-state index in [1.54, 1.807) is 0 Å². The molecule has 6 nitrogen and oxygen atoms in total. The summed E-state index contributed by atoms with van der Waals surface area (Å²) in [6, 6.07) is 8.24. The van der Waals surface area contributed by atoms with E-state index in [4.69, 9.17) is 9.73 Å². The van der Waals surface area contributed by atoms with Crippen molar-refractivity contribution in [3.63, 3.8) is 0 Å². The fourth-order valence-corrected chi connectivity index (χ4v) is 4.70. The Hall–Kier alpha value is -1.63. The minimum absolute atomic E-state index is 0.423. The summed E-state index contributed by atoms with van der Waals surface area (Å²) >= 11 is 0. The lowest BCUT2D eigenvalue weighted by Gasteiger charge is -2.37. The van der Waals surface area contributed by atoms with Crippen molar-refractivity contribution >= 4 is 5.96 Å². The minimum Gasteiger partial charge on any atom is -0.383 e.